The van der Waals surface area contributed by atoms with Crippen molar-refractivity contribution in [3.8, 4) is 0 Å². The van der Waals surface area contributed by atoms with Gasteiger partial charge >= 0.3 is 0 Å². The highest BCUT2D eigenvalue weighted by Crippen LogP contribution is 2.16. The van der Waals surface area contributed by atoms with Gasteiger partial charge in [0.2, 0.25) is 0 Å². The molecule has 0 aromatic carbocycles. The maximum Gasteiger partial charge on any atom is 0.282 e. The van der Waals surface area contributed by atoms with Crippen LogP contribution < -0.4 is 10.9 Å². The lowest BCUT2D eigenvalue weighted by Crippen LogP contribution is -2.21. The second-order valence-electron chi connectivity index (χ2n) is 3.29. The van der Waals surface area contributed by atoms with E-state index in [1.165, 1.54) is 4.68 Å². The van der Waals surface area contributed by atoms with Gasteiger partial charge in [0.15, 0.2) is 0 Å². The first kappa shape index (κ1) is 10.9. The number of furan rings is 1. The number of aryl methyl sites for hydroxylation is 1. The van der Waals surface area contributed by atoms with Gasteiger partial charge in [-0.1, -0.05) is 0 Å². The zero-order valence-electron chi connectivity index (χ0n) is 8.61. The fraction of sp³-hybridized carbons (Fsp3) is 0.200. The quantitative estimate of drug-likeness (QED) is 0.932. The maximum atomic E-state index is 11.5. The molecule has 2 aromatic rings. The van der Waals surface area contributed by atoms with E-state index in [2.05, 4.69) is 26.3 Å². The summed E-state index contributed by atoms with van der Waals surface area (Å²) in [6.45, 7) is 0.587. The van der Waals surface area contributed by atoms with Crippen LogP contribution in [0.25, 0.3) is 0 Å². The number of hydrogen-bond acceptors (Lipinski definition) is 4. The molecule has 84 valence electrons. The summed E-state index contributed by atoms with van der Waals surface area (Å²) >= 11 is 3.24. The fourth-order valence-electron chi connectivity index (χ4n) is 1.22. The Labute approximate surface area is 100 Å². The van der Waals surface area contributed by atoms with Crippen molar-refractivity contribution >= 4 is 21.6 Å². The highest BCUT2D eigenvalue weighted by Gasteiger charge is 2.06. The summed E-state index contributed by atoms with van der Waals surface area (Å²) in [4.78, 5) is 11.5. The van der Waals surface area contributed by atoms with Gasteiger partial charge in [-0.3, -0.25) is 4.79 Å². The molecule has 0 fully saturated rings. The van der Waals surface area contributed by atoms with E-state index in [0.717, 1.165) is 5.56 Å². The molecule has 0 amide bonds. The van der Waals surface area contributed by atoms with Gasteiger partial charge in [0, 0.05) is 19.2 Å². The molecule has 0 bridgehead atoms. The molecular weight excluding hydrogens is 274 g/mol. The lowest BCUT2D eigenvalue weighted by Gasteiger charge is -2.07. The van der Waals surface area contributed by atoms with Crippen molar-refractivity contribution in [2.75, 3.05) is 5.32 Å². The number of aromatic nitrogens is 2. The molecule has 0 unspecified atom stereocenters. The van der Waals surface area contributed by atoms with Crippen LogP contribution in [0.3, 0.4) is 0 Å². The number of nitrogens with zero attached hydrogens (tertiary/aromatic N) is 2. The Morgan fingerprint density at radius 2 is 2.44 bits per heavy atom. The molecule has 16 heavy (non-hydrogen) atoms. The molecule has 6 heteroatoms. The number of nitrogens with one attached hydrogen (secondary N) is 1. The van der Waals surface area contributed by atoms with Crippen molar-refractivity contribution in [3.63, 3.8) is 0 Å². The standard InChI is InChI=1S/C10H10BrN3O2/c1-14-10(15)9(11)8(5-13-14)12-4-7-2-3-16-6-7/h2-3,5-6,12H,4H2,1H3. The fourth-order valence-corrected chi connectivity index (χ4v) is 1.72. The third-order valence-electron chi connectivity index (χ3n) is 2.14. The monoisotopic (exact) mass is 283 g/mol. The van der Waals surface area contributed by atoms with Crippen LogP contribution in [-0.2, 0) is 13.6 Å². The molecule has 1 N–H and O–H groups in total. The van der Waals surface area contributed by atoms with Crippen LogP contribution in [0.15, 0.2) is 38.5 Å². The number of rotatable bonds is 3. The summed E-state index contributed by atoms with van der Waals surface area (Å²) in [5.41, 5.74) is 1.51. The summed E-state index contributed by atoms with van der Waals surface area (Å²) in [7, 11) is 1.60. The minimum absolute atomic E-state index is 0.169. The first-order valence-electron chi connectivity index (χ1n) is 4.65. The Hall–Kier alpha value is -1.56. The van der Waals surface area contributed by atoms with E-state index in [4.69, 9.17) is 4.42 Å². The molecule has 2 heterocycles. The van der Waals surface area contributed by atoms with Gasteiger partial charge in [-0.05, 0) is 22.0 Å². The van der Waals surface area contributed by atoms with Gasteiger partial charge in [-0.25, -0.2) is 4.68 Å². The number of hydrogen-bond donors (Lipinski definition) is 1. The first-order chi connectivity index (χ1) is 7.68. The Balaban J connectivity index is 2.16. The third-order valence-corrected chi connectivity index (χ3v) is 2.91. The minimum Gasteiger partial charge on any atom is -0.472 e. The number of halogens is 1. The van der Waals surface area contributed by atoms with Crippen molar-refractivity contribution < 1.29 is 4.42 Å². The van der Waals surface area contributed by atoms with E-state index >= 15 is 0 Å². The minimum atomic E-state index is -0.169. The smallest absolute Gasteiger partial charge is 0.282 e. The molecular formula is C10H10BrN3O2. The summed E-state index contributed by atoms with van der Waals surface area (Å²) < 4.78 is 6.69. The van der Waals surface area contributed by atoms with E-state index in [-0.39, 0.29) is 5.56 Å². The molecule has 0 spiro atoms. The van der Waals surface area contributed by atoms with Crippen LogP contribution in [0.2, 0.25) is 0 Å². The van der Waals surface area contributed by atoms with Gasteiger partial charge in [0.05, 0.1) is 24.4 Å². The molecule has 5 nitrogen and oxygen atoms in total. The van der Waals surface area contributed by atoms with Gasteiger partial charge in [-0.2, -0.15) is 5.10 Å². The predicted molar refractivity (Wildman–Crippen MR) is 63.2 cm³/mol. The van der Waals surface area contributed by atoms with Crippen LogP contribution in [0, 0.1) is 0 Å². The van der Waals surface area contributed by atoms with Gasteiger partial charge in [0.25, 0.3) is 5.56 Å². The molecule has 0 aliphatic carbocycles. The van der Waals surface area contributed by atoms with Crippen molar-refractivity contribution in [1.29, 1.82) is 0 Å². The molecule has 0 radical (unpaired) electrons. The van der Waals surface area contributed by atoms with Gasteiger partial charge in [0.1, 0.15) is 4.47 Å². The third kappa shape index (κ3) is 2.16. The summed E-state index contributed by atoms with van der Waals surface area (Å²) in [6.07, 6.45) is 4.86. The Morgan fingerprint density at radius 1 is 1.62 bits per heavy atom. The summed E-state index contributed by atoms with van der Waals surface area (Å²) in [5.74, 6) is 0. The normalized spacial score (nSPS) is 10.4. The van der Waals surface area contributed by atoms with Gasteiger partial charge in [-0.15, -0.1) is 0 Å². The van der Waals surface area contributed by atoms with E-state index in [9.17, 15) is 4.79 Å². The second kappa shape index (κ2) is 4.52. The lowest BCUT2D eigenvalue weighted by atomic mass is 10.3. The average Bonchev–Trinajstić information content (AvgIpc) is 2.78. The van der Waals surface area contributed by atoms with Crippen LogP contribution in [0.1, 0.15) is 5.56 Å². The van der Waals surface area contributed by atoms with E-state index in [1.807, 2.05) is 6.07 Å². The molecule has 2 rings (SSSR count). The van der Waals surface area contributed by atoms with Crippen molar-refractivity contribution in [3.05, 3.63) is 45.2 Å². The average molecular weight is 284 g/mol. The number of anilines is 1. The lowest BCUT2D eigenvalue weighted by molar-refractivity contribution is 0.564. The van der Waals surface area contributed by atoms with Crippen LogP contribution in [0.5, 0.6) is 0 Å². The van der Waals surface area contributed by atoms with Crippen LogP contribution in [-0.4, -0.2) is 9.78 Å². The predicted octanol–water partition coefficient (Wildman–Crippen LogP) is 1.75. The van der Waals surface area contributed by atoms with E-state index in [0.29, 0.717) is 16.7 Å². The summed E-state index contributed by atoms with van der Waals surface area (Å²) in [5, 5.41) is 7.03. The molecule has 0 saturated carbocycles. The summed E-state index contributed by atoms with van der Waals surface area (Å²) in [6, 6.07) is 1.86. The molecule has 2 aromatic heterocycles. The largest absolute Gasteiger partial charge is 0.472 e. The second-order valence-corrected chi connectivity index (χ2v) is 4.08. The Bertz CT molecular complexity index is 533. The van der Waals surface area contributed by atoms with Crippen molar-refractivity contribution in [1.82, 2.24) is 9.78 Å². The topological polar surface area (TPSA) is 60.1 Å². The zero-order valence-corrected chi connectivity index (χ0v) is 10.2. The van der Waals surface area contributed by atoms with Crippen LogP contribution >= 0.6 is 15.9 Å². The van der Waals surface area contributed by atoms with Gasteiger partial charge < -0.3 is 9.73 Å². The zero-order chi connectivity index (χ0) is 11.5. The maximum absolute atomic E-state index is 11.5. The van der Waals surface area contributed by atoms with E-state index < -0.39 is 0 Å². The van der Waals surface area contributed by atoms with Crippen LogP contribution in [0.4, 0.5) is 5.69 Å². The molecule has 0 aliphatic heterocycles. The molecule has 0 saturated heterocycles. The molecule has 0 aliphatic rings. The Morgan fingerprint density at radius 3 is 3.12 bits per heavy atom. The molecule has 0 atom stereocenters. The Kier molecular flexibility index (Phi) is 3.09. The highest BCUT2D eigenvalue weighted by atomic mass is 79.9. The SMILES string of the molecule is Cn1ncc(NCc2ccoc2)c(Br)c1=O. The van der Waals surface area contributed by atoms with Crippen molar-refractivity contribution in [2.24, 2.45) is 7.05 Å². The van der Waals surface area contributed by atoms with E-state index in [1.54, 1.807) is 25.8 Å². The first-order valence-corrected chi connectivity index (χ1v) is 5.44. The highest BCUT2D eigenvalue weighted by molar-refractivity contribution is 9.10. The van der Waals surface area contributed by atoms with Crippen molar-refractivity contribution in [2.45, 2.75) is 6.54 Å².